The maximum atomic E-state index is 10.7. The first kappa shape index (κ1) is 11.1. The summed E-state index contributed by atoms with van der Waals surface area (Å²) in [5, 5.41) is 3.26. The van der Waals surface area contributed by atoms with Crippen molar-refractivity contribution in [2.24, 2.45) is 0 Å². The summed E-state index contributed by atoms with van der Waals surface area (Å²) in [5.74, 6) is 0. The molecule has 0 aliphatic heterocycles. The Bertz CT molecular complexity index is 235. The van der Waals surface area contributed by atoms with E-state index < -0.39 is 10.0 Å². The number of sulfonamides is 1. The number of carbonyl (C=O) groups excluding carboxylic acids is 1. The van der Waals surface area contributed by atoms with Crippen molar-refractivity contribution in [3.05, 3.63) is 12.0 Å². The molecule has 1 amide bonds. The van der Waals surface area contributed by atoms with Gasteiger partial charge in [-0.25, -0.2) is 13.1 Å². The lowest BCUT2D eigenvalue weighted by molar-refractivity contribution is -0.109. The predicted molar refractivity (Wildman–Crippen MR) is 45.8 cm³/mol. The molecule has 0 aromatic carbocycles. The van der Waals surface area contributed by atoms with Gasteiger partial charge in [0.1, 0.15) is 0 Å². The second kappa shape index (κ2) is 5.73. The predicted octanol–water partition coefficient (Wildman–Crippen LogP) is -0.815. The van der Waals surface area contributed by atoms with Crippen LogP contribution in [0, 0.1) is 0 Å². The van der Waals surface area contributed by atoms with Crippen LogP contribution in [0.3, 0.4) is 0 Å². The minimum atomic E-state index is -3.31. The molecule has 0 atom stereocenters. The van der Waals surface area contributed by atoms with E-state index in [1.165, 1.54) is 0 Å². The fourth-order valence-electron chi connectivity index (χ4n) is 0.523. The summed E-state index contributed by atoms with van der Waals surface area (Å²) in [6.45, 7) is 3.89. The Balaban J connectivity index is 3.44. The van der Waals surface area contributed by atoms with E-state index in [2.05, 4.69) is 16.6 Å². The summed E-state index contributed by atoms with van der Waals surface area (Å²) in [6.07, 6.45) is 1.13. The van der Waals surface area contributed by atoms with Gasteiger partial charge in [0.25, 0.3) is 0 Å². The molecule has 0 radical (unpaired) electrons. The molecule has 0 aliphatic rings. The highest BCUT2D eigenvalue weighted by Gasteiger charge is 2.00. The molecule has 0 heterocycles. The van der Waals surface area contributed by atoms with Crippen molar-refractivity contribution >= 4 is 16.4 Å². The number of nitrogens with one attached hydrogen (secondary N) is 2. The van der Waals surface area contributed by atoms with Crippen LogP contribution in [0.1, 0.15) is 6.42 Å². The quantitative estimate of drug-likeness (QED) is 0.409. The molecule has 0 saturated carbocycles. The maximum Gasteiger partial charge on any atom is 0.233 e. The highest BCUT2D eigenvalue weighted by atomic mass is 32.2. The van der Waals surface area contributed by atoms with E-state index >= 15 is 0 Å². The first-order valence-electron chi connectivity index (χ1n) is 3.41. The van der Waals surface area contributed by atoms with Crippen molar-refractivity contribution in [1.29, 1.82) is 0 Å². The Morgan fingerprint density at radius 1 is 1.33 bits per heavy atom. The molecule has 0 fully saturated rings. The third-order valence-corrected chi connectivity index (χ3v) is 2.15. The molecule has 0 rings (SSSR count). The average molecular weight is 192 g/mol. The fraction of sp³-hybridized carbons (Fsp3) is 0.500. The molecule has 0 spiro atoms. The van der Waals surface area contributed by atoms with E-state index in [9.17, 15) is 13.2 Å². The van der Waals surface area contributed by atoms with Crippen LogP contribution >= 0.6 is 0 Å². The van der Waals surface area contributed by atoms with Crippen LogP contribution in [0.2, 0.25) is 0 Å². The first-order valence-corrected chi connectivity index (χ1v) is 4.96. The first-order chi connectivity index (χ1) is 5.62. The molecule has 0 unspecified atom stereocenters. The molecule has 12 heavy (non-hydrogen) atoms. The van der Waals surface area contributed by atoms with Gasteiger partial charge in [0, 0.05) is 18.5 Å². The van der Waals surface area contributed by atoms with Crippen LogP contribution in [0.15, 0.2) is 12.0 Å². The monoisotopic (exact) mass is 192 g/mol. The van der Waals surface area contributed by atoms with Gasteiger partial charge in [-0.3, -0.25) is 4.79 Å². The Morgan fingerprint density at radius 3 is 2.50 bits per heavy atom. The fourth-order valence-corrected chi connectivity index (χ4v) is 1.07. The van der Waals surface area contributed by atoms with Crippen LogP contribution in [0.25, 0.3) is 0 Å². The summed E-state index contributed by atoms with van der Waals surface area (Å²) in [7, 11) is -3.31. The van der Waals surface area contributed by atoms with Gasteiger partial charge in [-0.05, 0) is 6.42 Å². The number of rotatable bonds is 7. The van der Waals surface area contributed by atoms with Gasteiger partial charge in [-0.15, -0.1) is 0 Å². The third kappa shape index (κ3) is 5.87. The lowest BCUT2D eigenvalue weighted by Gasteiger charge is -2.00. The third-order valence-electron chi connectivity index (χ3n) is 1.10. The zero-order valence-electron chi connectivity index (χ0n) is 6.62. The average Bonchev–Trinajstić information content (AvgIpc) is 2.04. The van der Waals surface area contributed by atoms with E-state index in [0.29, 0.717) is 25.9 Å². The van der Waals surface area contributed by atoms with Gasteiger partial charge in [0.15, 0.2) is 0 Å². The maximum absolute atomic E-state index is 10.7. The molecule has 0 aliphatic carbocycles. The highest BCUT2D eigenvalue weighted by molar-refractivity contribution is 7.92. The molecule has 0 bridgehead atoms. The number of hydrogen-bond acceptors (Lipinski definition) is 3. The molecule has 6 heteroatoms. The van der Waals surface area contributed by atoms with Crippen molar-refractivity contribution in [1.82, 2.24) is 10.0 Å². The minimum Gasteiger partial charge on any atom is -0.359 e. The van der Waals surface area contributed by atoms with Crippen molar-refractivity contribution in [2.45, 2.75) is 6.42 Å². The minimum absolute atomic E-state index is 0.301. The smallest absolute Gasteiger partial charge is 0.233 e. The molecule has 2 N–H and O–H groups in total. The van der Waals surface area contributed by atoms with Gasteiger partial charge < -0.3 is 5.32 Å². The number of hydrogen-bond donors (Lipinski definition) is 2. The van der Waals surface area contributed by atoms with E-state index in [0.717, 1.165) is 5.41 Å². The molecule has 0 aromatic heterocycles. The van der Waals surface area contributed by atoms with Gasteiger partial charge in [0.05, 0.1) is 0 Å². The Hall–Kier alpha value is -0.880. The van der Waals surface area contributed by atoms with Crippen LogP contribution in [0.4, 0.5) is 0 Å². The lowest BCUT2D eigenvalue weighted by atomic mass is 10.4. The second-order valence-corrected chi connectivity index (χ2v) is 3.74. The van der Waals surface area contributed by atoms with Gasteiger partial charge in [0.2, 0.25) is 16.4 Å². The Morgan fingerprint density at radius 2 is 2.00 bits per heavy atom. The van der Waals surface area contributed by atoms with Crippen LogP contribution in [-0.4, -0.2) is 27.9 Å². The normalized spacial score (nSPS) is 10.7. The van der Waals surface area contributed by atoms with Crippen molar-refractivity contribution < 1.29 is 13.2 Å². The van der Waals surface area contributed by atoms with E-state index in [1.807, 2.05) is 0 Å². The van der Waals surface area contributed by atoms with Crippen molar-refractivity contribution in [2.75, 3.05) is 13.1 Å². The van der Waals surface area contributed by atoms with Crippen LogP contribution in [0.5, 0.6) is 0 Å². The molecule has 0 saturated heterocycles. The van der Waals surface area contributed by atoms with Gasteiger partial charge >= 0.3 is 0 Å². The number of amides is 1. The number of carbonyl (C=O) groups is 1. The van der Waals surface area contributed by atoms with Crippen LogP contribution < -0.4 is 10.0 Å². The molecule has 70 valence electrons. The van der Waals surface area contributed by atoms with Gasteiger partial charge in [-0.1, -0.05) is 6.58 Å². The Labute approximate surface area is 71.9 Å². The SMILES string of the molecule is C=CS(=O)(=O)NCCCNC=O. The van der Waals surface area contributed by atoms with Crippen molar-refractivity contribution in [3.63, 3.8) is 0 Å². The summed E-state index contributed by atoms with van der Waals surface area (Å²) in [4.78, 5) is 9.76. The second-order valence-electron chi connectivity index (χ2n) is 2.03. The standard InChI is InChI=1S/C6H12N2O3S/c1-2-12(10,11)8-5-3-4-7-6-9/h2,6,8H,1,3-5H2,(H,7,9). The molecular weight excluding hydrogens is 180 g/mol. The zero-order valence-corrected chi connectivity index (χ0v) is 7.43. The van der Waals surface area contributed by atoms with E-state index in [1.54, 1.807) is 0 Å². The zero-order chi connectivity index (χ0) is 9.45. The summed E-state index contributed by atoms with van der Waals surface area (Å²) in [6, 6.07) is 0. The van der Waals surface area contributed by atoms with Crippen LogP contribution in [-0.2, 0) is 14.8 Å². The highest BCUT2D eigenvalue weighted by Crippen LogP contribution is 1.83. The van der Waals surface area contributed by atoms with Crippen molar-refractivity contribution in [3.8, 4) is 0 Å². The topological polar surface area (TPSA) is 75.3 Å². The van der Waals surface area contributed by atoms with E-state index in [-0.39, 0.29) is 0 Å². The Kier molecular flexibility index (Phi) is 5.31. The summed E-state index contributed by atoms with van der Waals surface area (Å²) in [5.41, 5.74) is 0. The van der Waals surface area contributed by atoms with E-state index in [4.69, 9.17) is 0 Å². The molecular formula is C6H12N2O3S. The summed E-state index contributed by atoms with van der Waals surface area (Å²) < 4.78 is 23.7. The largest absolute Gasteiger partial charge is 0.359 e. The summed E-state index contributed by atoms with van der Waals surface area (Å²) >= 11 is 0. The lowest BCUT2D eigenvalue weighted by Crippen LogP contribution is -2.25. The molecule has 5 nitrogen and oxygen atoms in total. The molecule has 0 aromatic rings. The van der Waals surface area contributed by atoms with Gasteiger partial charge in [-0.2, -0.15) is 0 Å².